The number of benzene rings is 4. The van der Waals surface area contributed by atoms with E-state index in [1.807, 2.05) is 104 Å². The van der Waals surface area contributed by atoms with Crippen molar-refractivity contribution >= 4 is 22.3 Å². The molecule has 0 fully saturated rings. The van der Waals surface area contributed by atoms with Crippen molar-refractivity contribution in [2.75, 3.05) is 18.6 Å². The molecule has 0 saturated heterocycles. The first-order valence-corrected chi connectivity index (χ1v) is 12.2. The minimum Gasteiger partial charge on any atom is -0.494 e. The monoisotopic (exact) mass is 475 g/mol. The van der Waals surface area contributed by atoms with Gasteiger partial charge in [0.2, 0.25) is 0 Å². The van der Waals surface area contributed by atoms with Gasteiger partial charge < -0.3 is 9.64 Å². The Balaban J connectivity index is 1.65. The summed E-state index contributed by atoms with van der Waals surface area (Å²) in [5.41, 5.74) is 4.59. The Morgan fingerprint density at radius 2 is 1.47 bits per heavy atom. The predicted molar refractivity (Wildman–Crippen MR) is 147 cm³/mol. The molecule has 1 aromatic heterocycles. The number of aromatic nitrogens is 2. The number of ether oxygens (including phenoxy) is 1. The first-order chi connectivity index (χ1) is 17.6. The number of hydrogen-bond acceptors (Lipinski definition) is 4. The Morgan fingerprint density at radius 3 is 2.11 bits per heavy atom. The average molecular weight is 476 g/mol. The molecule has 0 aliphatic heterocycles. The van der Waals surface area contributed by atoms with E-state index in [9.17, 15) is 4.79 Å². The van der Waals surface area contributed by atoms with Gasteiger partial charge >= 0.3 is 0 Å². The molecule has 0 unspecified atom stereocenters. The van der Waals surface area contributed by atoms with Crippen molar-refractivity contribution in [3.05, 3.63) is 130 Å². The highest BCUT2D eigenvalue weighted by Gasteiger charge is 2.21. The lowest BCUT2D eigenvalue weighted by molar-refractivity contribution is 0.340. The zero-order valence-corrected chi connectivity index (χ0v) is 20.8. The molecular formula is C31H29N3O2. The minimum atomic E-state index is -0.277. The van der Waals surface area contributed by atoms with Crippen LogP contribution in [0.25, 0.3) is 10.9 Å². The Morgan fingerprint density at radius 1 is 0.833 bits per heavy atom. The van der Waals surface area contributed by atoms with E-state index in [2.05, 4.69) is 29.2 Å². The van der Waals surface area contributed by atoms with Gasteiger partial charge in [-0.3, -0.25) is 9.36 Å². The summed E-state index contributed by atoms with van der Waals surface area (Å²) in [5.74, 6) is 1.49. The summed E-state index contributed by atoms with van der Waals surface area (Å²) in [7, 11) is 1.99. The lowest BCUT2D eigenvalue weighted by Crippen LogP contribution is -2.29. The van der Waals surface area contributed by atoms with E-state index in [1.165, 1.54) is 0 Å². The fourth-order valence-corrected chi connectivity index (χ4v) is 4.67. The number of fused-ring (bicyclic) bond motifs is 1. The Kier molecular flexibility index (Phi) is 6.54. The number of hydrogen-bond donors (Lipinski definition) is 0. The van der Waals surface area contributed by atoms with Crippen LogP contribution >= 0.6 is 0 Å². The van der Waals surface area contributed by atoms with Gasteiger partial charge in [-0.2, -0.15) is 0 Å². The molecule has 1 heterocycles. The maximum absolute atomic E-state index is 14.1. The lowest BCUT2D eigenvalue weighted by atomic mass is 9.98. The van der Waals surface area contributed by atoms with Gasteiger partial charge in [-0.15, -0.1) is 0 Å². The van der Waals surface area contributed by atoms with Crippen molar-refractivity contribution in [2.45, 2.75) is 19.9 Å². The van der Waals surface area contributed by atoms with Crippen LogP contribution < -0.4 is 15.2 Å². The van der Waals surface area contributed by atoms with Crippen LogP contribution in [0.3, 0.4) is 0 Å². The SMILES string of the molecule is CCOc1cccc(N(C)c2ccc3nc(C)n(C(c4ccccc4)c4ccccc4)c(=O)c3c2)c1. The summed E-state index contributed by atoms with van der Waals surface area (Å²) in [6.07, 6.45) is 0. The van der Waals surface area contributed by atoms with Gasteiger partial charge in [-0.05, 0) is 55.3 Å². The smallest absolute Gasteiger partial charge is 0.262 e. The van der Waals surface area contributed by atoms with Crippen LogP contribution in [-0.4, -0.2) is 23.2 Å². The van der Waals surface area contributed by atoms with E-state index >= 15 is 0 Å². The molecule has 0 spiro atoms. The highest BCUT2D eigenvalue weighted by atomic mass is 16.5. The molecule has 5 aromatic rings. The van der Waals surface area contributed by atoms with Crippen LogP contribution in [0.1, 0.15) is 29.9 Å². The van der Waals surface area contributed by atoms with Gasteiger partial charge in [0, 0.05) is 24.5 Å². The van der Waals surface area contributed by atoms with E-state index in [4.69, 9.17) is 9.72 Å². The Labute approximate surface area is 211 Å². The third-order valence-corrected chi connectivity index (χ3v) is 6.45. The fourth-order valence-electron chi connectivity index (χ4n) is 4.67. The van der Waals surface area contributed by atoms with Crippen LogP contribution in [0.2, 0.25) is 0 Å². The van der Waals surface area contributed by atoms with Gasteiger partial charge in [-0.1, -0.05) is 66.7 Å². The molecule has 5 nitrogen and oxygen atoms in total. The van der Waals surface area contributed by atoms with Gasteiger partial charge in [-0.25, -0.2) is 4.98 Å². The van der Waals surface area contributed by atoms with Gasteiger partial charge in [0.15, 0.2) is 0 Å². The number of aryl methyl sites for hydroxylation is 1. The third-order valence-electron chi connectivity index (χ3n) is 6.45. The average Bonchev–Trinajstić information content (AvgIpc) is 2.92. The van der Waals surface area contributed by atoms with Crippen LogP contribution in [-0.2, 0) is 0 Å². The summed E-state index contributed by atoms with van der Waals surface area (Å²) < 4.78 is 7.48. The summed E-state index contributed by atoms with van der Waals surface area (Å²) in [6, 6.07) is 33.7. The molecule has 4 aromatic carbocycles. The molecule has 5 rings (SSSR count). The molecule has 0 aliphatic rings. The Bertz CT molecular complexity index is 1510. The highest BCUT2D eigenvalue weighted by Crippen LogP contribution is 2.30. The molecule has 0 saturated carbocycles. The first kappa shape index (κ1) is 23.4. The van der Waals surface area contributed by atoms with Gasteiger partial charge in [0.25, 0.3) is 5.56 Å². The lowest BCUT2D eigenvalue weighted by Gasteiger charge is -2.24. The number of nitrogens with zero attached hydrogens (tertiary/aromatic N) is 3. The van der Waals surface area contributed by atoms with Crippen LogP contribution in [0.4, 0.5) is 11.4 Å². The molecule has 0 amide bonds. The Hall–Kier alpha value is -4.38. The molecule has 0 aliphatic carbocycles. The second-order valence-electron chi connectivity index (χ2n) is 8.75. The van der Waals surface area contributed by atoms with Crippen LogP contribution in [0.5, 0.6) is 5.75 Å². The van der Waals surface area contributed by atoms with Crippen LogP contribution in [0, 0.1) is 6.92 Å². The van der Waals surface area contributed by atoms with E-state index in [-0.39, 0.29) is 11.6 Å². The van der Waals surface area contributed by atoms with Crippen molar-refractivity contribution in [2.24, 2.45) is 0 Å². The van der Waals surface area contributed by atoms with E-state index in [0.717, 1.165) is 28.3 Å². The van der Waals surface area contributed by atoms with Crippen molar-refractivity contribution < 1.29 is 4.74 Å². The standard InChI is InChI=1S/C31H29N3O2/c1-4-36-27-17-11-16-25(20-27)33(3)26-18-19-29-28(21-26)31(35)34(22(2)32-29)30(23-12-7-5-8-13-23)24-14-9-6-10-15-24/h5-21,30H,4H2,1-3H3. The minimum absolute atomic E-state index is 0.0616. The first-order valence-electron chi connectivity index (χ1n) is 12.2. The van der Waals surface area contributed by atoms with Crippen molar-refractivity contribution in [3.63, 3.8) is 0 Å². The normalized spacial score (nSPS) is 11.1. The summed E-state index contributed by atoms with van der Waals surface area (Å²) in [6.45, 7) is 4.48. The molecule has 0 bridgehead atoms. The van der Waals surface area contributed by atoms with Crippen molar-refractivity contribution in [1.82, 2.24) is 9.55 Å². The maximum atomic E-state index is 14.1. The van der Waals surface area contributed by atoms with E-state index in [0.29, 0.717) is 23.3 Å². The molecule has 180 valence electrons. The fraction of sp³-hybridized carbons (Fsp3) is 0.161. The number of rotatable bonds is 7. The van der Waals surface area contributed by atoms with Gasteiger partial charge in [0.05, 0.1) is 23.6 Å². The van der Waals surface area contributed by atoms with Gasteiger partial charge in [0.1, 0.15) is 11.6 Å². The predicted octanol–water partition coefficient (Wildman–Crippen LogP) is 6.51. The number of anilines is 2. The molecule has 0 N–H and O–H groups in total. The zero-order chi connectivity index (χ0) is 25.1. The van der Waals surface area contributed by atoms with E-state index in [1.54, 1.807) is 0 Å². The second kappa shape index (κ2) is 10.1. The summed E-state index contributed by atoms with van der Waals surface area (Å²) in [5, 5.41) is 0.586. The molecular weight excluding hydrogens is 446 g/mol. The second-order valence-corrected chi connectivity index (χ2v) is 8.75. The van der Waals surface area contributed by atoms with E-state index < -0.39 is 0 Å². The van der Waals surface area contributed by atoms with Crippen LogP contribution in [0.15, 0.2) is 108 Å². The zero-order valence-electron chi connectivity index (χ0n) is 20.8. The maximum Gasteiger partial charge on any atom is 0.262 e. The largest absolute Gasteiger partial charge is 0.494 e. The molecule has 0 radical (unpaired) electrons. The summed E-state index contributed by atoms with van der Waals surface area (Å²) >= 11 is 0. The molecule has 5 heteroatoms. The van der Waals surface area contributed by atoms with Crippen molar-refractivity contribution in [3.8, 4) is 5.75 Å². The summed E-state index contributed by atoms with van der Waals surface area (Å²) in [4.78, 5) is 21.0. The van der Waals surface area contributed by atoms with Crippen molar-refractivity contribution in [1.29, 1.82) is 0 Å². The quantitative estimate of drug-likeness (QED) is 0.269. The highest BCUT2D eigenvalue weighted by molar-refractivity contribution is 5.83. The topological polar surface area (TPSA) is 47.4 Å². The molecule has 36 heavy (non-hydrogen) atoms. The molecule has 0 atom stereocenters. The third kappa shape index (κ3) is 4.48.